The smallest absolute Gasteiger partial charge is 0.0929 e. The Kier molecular flexibility index (Phi) is 6.02. The molecule has 0 saturated carbocycles. The number of allylic oxidation sites excluding steroid dienone is 2. The molecule has 0 radical (unpaired) electrons. The van der Waals surface area contributed by atoms with E-state index in [2.05, 4.69) is 18.5 Å². The average Bonchev–Trinajstić information content (AvgIpc) is 2.82. The van der Waals surface area contributed by atoms with Crippen LogP contribution in [0.15, 0.2) is 35.3 Å². The highest BCUT2D eigenvalue weighted by atomic mass is 32.1. The summed E-state index contributed by atoms with van der Waals surface area (Å²) < 4.78 is 0. The maximum atomic E-state index is 10.0. The average molecular weight is 263 g/mol. The van der Waals surface area contributed by atoms with Crippen LogP contribution < -0.4 is 0 Å². The monoisotopic (exact) mass is 263 g/mol. The van der Waals surface area contributed by atoms with Gasteiger partial charge in [-0.25, -0.2) is 4.98 Å². The van der Waals surface area contributed by atoms with Gasteiger partial charge in [0.15, 0.2) is 0 Å². The predicted molar refractivity (Wildman–Crippen MR) is 79.7 cm³/mol. The third-order valence-corrected chi connectivity index (χ3v) is 3.77. The van der Waals surface area contributed by atoms with Crippen LogP contribution >= 0.6 is 11.3 Å². The Balaban J connectivity index is 2.67. The second kappa shape index (κ2) is 7.29. The number of aliphatic hydroxyl groups excluding tert-OH is 1. The van der Waals surface area contributed by atoms with Crippen LogP contribution in [0.25, 0.3) is 6.08 Å². The third kappa shape index (κ3) is 4.59. The molecule has 0 spiro atoms. The minimum absolute atomic E-state index is 0.452. The van der Waals surface area contributed by atoms with E-state index in [-0.39, 0.29) is 0 Å². The molecule has 0 unspecified atom stereocenters. The molecule has 1 atom stereocenters. The van der Waals surface area contributed by atoms with Gasteiger partial charge in [0.05, 0.1) is 16.8 Å². The maximum Gasteiger partial charge on any atom is 0.0929 e. The van der Waals surface area contributed by atoms with Gasteiger partial charge in [0, 0.05) is 5.38 Å². The predicted octanol–water partition coefficient (Wildman–Crippen LogP) is 3.99. The molecule has 0 aliphatic rings. The summed E-state index contributed by atoms with van der Waals surface area (Å²) in [5, 5.41) is 13.2. The van der Waals surface area contributed by atoms with Crippen molar-refractivity contribution in [3.63, 3.8) is 0 Å². The molecule has 98 valence electrons. The SMILES string of the molecule is C=C/C(C)=C\C[C@H](O)/C(C)=C/c1csc(CC)n1. The molecule has 0 aliphatic heterocycles. The topological polar surface area (TPSA) is 33.1 Å². The number of aryl methyl sites for hydroxylation is 1. The van der Waals surface area contributed by atoms with Crippen molar-refractivity contribution in [1.82, 2.24) is 4.98 Å². The standard InChI is InChI=1S/C15H21NOS/c1-5-11(3)7-8-14(17)12(4)9-13-10-18-15(6-2)16-13/h5,7,9-10,14,17H,1,6,8H2,2-4H3/b11-7-,12-9+/t14-/m0/s1. The highest BCUT2D eigenvalue weighted by molar-refractivity contribution is 7.09. The number of aromatic nitrogens is 1. The van der Waals surface area contributed by atoms with Gasteiger partial charge in [-0.3, -0.25) is 0 Å². The van der Waals surface area contributed by atoms with E-state index >= 15 is 0 Å². The Morgan fingerprint density at radius 1 is 1.56 bits per heavy atom. The molecule has 0 bridgehead atoms. The summed E-state index contributed by atoms with van der Waals surface area (Å²) in [5.41, 5.74) is 2.97. The van der Waals surface area contributed by atoms with E-state index in [1.807, 2.05) is 31.4 Å². The molecule has 2 nitrogen and oxygen atoms in total. The van der Waals surface area contributed by atoms with E-state index < -0.39 is 6.10 Å². The molecule has 0 amide bonds. The molecule has 1 rings (SSSR count). The summed E-state index contributed by atoms with van der Waals surface area (Å²) >= 11 is 1.66. The molecular weight excluding hydrogens is 242 g/mol. The van der Waals surface area contributed by atoms with Crippen molar-refractivity contribution >= 4 is 17.4 Å². The number of hydrogen-bond acceptors (Lipinski definition) is 3. The number of thiazole rings is 1. The number of nitrogens with zero attached hydrogens (tertiary/aromatic N) is 1. The van der Waals surface area contributed by atoms with Gasteiger partial charge in [-0.15, -0.1) is 11.3 Å². The fraction of sp³-hybridized carbons (Fsp3) is 0.400. The van der Waals surface area contributed by atoms with Gasteiger partial charge in [0.25, 0.3) is 0 Å². The molecular formula is C15H21NOS. The van der Waals surface area contributed by atoms with Crippen LogP contribution in [0.1, 0.15) is 37.9 Å². The Hall–Kier alpha value is -1.19. The van der Waals surface area contributed by atoms with E-state index in [1.165, 1.54) is 0 Å². The van der Waals surface area contributed by atoms with Crippen molar-refractivity contribution in [2.45, 2.75) is 39.7 Å². The van der Waals surface area contributed by atoms with Gasteiger partial charge in [-0.1, -0.05) is 31.2 Å². The lowest BCUT2D eigenvalue weighted by Crippen LogP contribution is -2.06. The van der Waals surface area contributed by atoms with Crippen LogP contribution in [0.2, 0.25) is 0 Å². The number of hydrogen-bond donors (Lipinski definition) is 1. The third-order valence-electron chi connectivity index (χ3n) is 2.76. The van der Waals surface area contributed by atoms with Gasteiger partial charge >= 0.3 is 0 Å². The Bertz CT molecular complexity index is 457. The van der Waals surface area contributed by atoms with Crippen molar-refractivity contribution in [2.75, 3.05) is 0 Å². The Morgan fingerprint density at radius 2 is 2.28 bits per heavy atom. The molecule has 3 heteroatoms. The fourth-order valence-corrected chi connectivity index (χ4v) is 2.15. The maximum absolute atomic E-state index is 10.0. The first kappa shape index (κ1) is 14.9. The van der Waals surface area contributed by atoms with Crippen LogP contribution in [0, 0.1) is 0 Å². The van der Waals surface area contributed by atoms with Gasteiger partial charge in [0.2, 0.25) is 0 Å². The van der Waals surface area contributed by atoms with Crippen LogP contribution in [0.5, 0.6) is 0 Å². The van der Waals surface area contributed by atoms with Crippen LogP contribution in [0.3, 0.4) is 0 Å². The molecule has 1 heterocycles. The minimum atomic E-state index is -0.452. The quantitative estimate of drug-likeness (QED) is 0.787. The summed E-state index contributed by atoms with van der Waals surface area (Å²) in [6.07, 6.45) is 6.86. The number of rotatable bonds is 6. The lowest BCUT2D eigenvalue weighted by Gasteiger charge is -2.08. The summed E-state index contributed by atoms with van der Waals surface area (Å²) in [5.74, 6) is 0. The van der Waals surface area contributed by atoms with Gasteiger partial charge in [0.1, 0.15) is 0 Å². The molecule has 1 aromatic heterocycles. The van der Waals surface area contributed by atoms with E-state index in [1.54, 1.807) is 17.4 Å². The lowest BCUT2D eigenvalue weighted by molar-refractivity contribution is 0.215. The largest absolute Gasteiger partial charge is 0.388 e. The van der Waals surface area contributed by atoms with Crippen molar-refractivity contribution in [3.05, 3.63) is 46.0 Å². The highest BCUT2D eigenvalue weighted by Crippen LogP contribution is 2.16. The second-order valence-electron chi connectivity index (χ2n) is 4.31. The molecule has 0 fully saturated rings. The molecule has 1 N–H and O–H groups in total. The summed E-state index contributed by atoms with van der Waals surface area (Å²) in [7, 11) is 0. The second-order valence-corrected chi connectivity index (χ2v) is 5.25. The number of aliphatic hydroxyl groups is 1. The van der Waals surface area contributed by atoms with E-state index in [4.69, 9.17) is 0 Å². The first-order valence-corrected chi connectivity index (χ1v) is 7.04. The Labute approximate surface area is 113 Å². The van der Waals surface area contributed by atoms with Crippen molar-refractivity contribution in [1.29, 1.82) is 0 Å². The van der Waals surface area contributed by atoms with Crippen LogP contribution in [0.4, 0.5) is 0 Å². The van der Waals surface area contributed by atoms with Gasteiger partial charge in [-0.05, 0) is 38.3 Å². The molecule has 1 aromatic rings. The van der Waals surface area contributed by atoms with Crippen molar-refractivity contribution < 1.29 is 5.11 Å². The summed E-state index contributed by atoms with van der Waals surface area (Å²) in [4.78, 5) is 4.46. The first-order valence-electron chi connectivity index (χ1n) is 6.16. The molecule has 0 aromatic carbocycles. The van der Waals surface area contributed by atoms with Crippen LogP contribution in [-0.2, 0) is 6.42 Å². The minimum Gasteiger partial charge on any atom is -0.388 e. The molecule has 0 aliphatic carbocycles. The van der Waals surface area contributed by atoms with Crippen molar-refractivity contribution in [3.8, 4) is 0 Å². The van der Waals surface area contributed by atoms with Crippen molar-refractivity contribution in [2.24, 2.45) is 0 Å². The summed E-state index contributed by atoms with van der Waals surface area (Å²) in [6.45, 7) is 9.70. The zero-order valence-corrected chi connectivity index (χ0v) is 12.1. The highest BCUT2D eigenvalue weighted by Gasteiger charge is 2.06. The van der Waals surface area contributed by atoms with Gasteiger partial charge < -0.3 is 5.11 Å². The summed E-state index contributed by atoms with van der Waals surface area (Å²) in [6, 6.07) is 0. The van der Waals surface area contributed by atoms with Crippen LogP contribution in [-0.4, -0.2) is 16.2 Å². The zero-order valence-electron chi connectivity index (χ0n) is 11.3. The molecule has 0 saturated heterocycles. The Morgan fingerprint density at radius 3 is 2.83 bits per heavy atom. The van der Waals surface area contributed by atoms with E-state index in [0.29, 0.717) is 6.42 Å². The first-order chi connectivity index (χ1) is 8.56. The fourth-order valence-electron chi connectivity index (χ4n) is 1.45. The van der Waals surface area contributed by atoms with Gasteiger partial charge in [-0.2, -0.15) is 0 Å². The molecule has 18 heavy (non-hydrogen) atoms. The zero-order chi connectivity index (χ0) is 13.5. The normalized spacial score (nSPS) is 14.7. The van der Waals surface area contributed by atoms with E-state index in [0.717, 1.165) is 28.3 Å². The lowest BCUT2D eigenvalue weighted by atomic mass is 10.1. The van der Waals surface area contributed by atoms with E-state index in [9.17, 15) is 5.11 Å².